The lowest BCUT2D eigenvalue weighted by molar-refractivity contribution is 0.0950. The largest absolute Gasteiger partial charge is 0.496 e. The Bertz CT molecular complexity index is 1770. The normalized spacial score (nSPS) is 10.9. The molecule has 0 spiro atoms. The molecular weight excluding hydrogens is 514 g/mol. The number of aromatic nitrogens is 2. The Hall–Kier alpha value is -4.62. The molecule has 5 rings (SSSR count). The molecule has 39 heavy (non-hydrogen) atoms. The summed E-state index contributed by atoms with van der Waals surface area (Å²) in [5, 5.41) is 3.88. The van der Waals surface area contributed by atoms with Gasteiger partial charge in [0.2, 0.25) is 0 Å². The van der Waals surface area contributed by atoms with E-state index in [1.54, 1.807) is 66.3 Å². The Morgan fingerprint density at radius 1 is 0.795 bits per heavy atom. The first kappa shape index (κ1) is 26.0. The third-order valence-corrected chi connectivity index (χ3v) is 6.98. The monoisotopic (exact) mass is 539 g/mol. The number of carbonyl (C=O) groups excluding carboxylic acids is 1. The third-order valence-electron chi connectivity index (χ3n) is 6.61. The molecule has 5 aromatic rings. The van der Waals surface area contributed by atoms with E-state index in [9.17, 15) is 14.4 Å². The summed E-state index contributed by atoms with van der Waals surface area (Å²) in [6, 6.07) is 28.7. The number of benzene rings is 4. The molecule has 4 aromatic carbocycles. The van der Waals surface area contributed by atoms with Gasteiger partial charge in [0.25, 0.3) is 11.5 Å². The zero-order chi connectivity index (χ0) is 27.4. The summed E-state index contributed by atoms with van der Waals surface area (Å²) < 4.78 is 8.12. The van der Waals surface area contributed by atoms with Crippen LogP contribution in [0.5, 0.6) is 5.75 Å². The number of rotatable bonds is 8. The number of hydrogen-bond acceptors (Lipinski definition) is 4. The first-order valence-electron chi connectivity index (χ1n) is 12.4. The summed E-state index contributed by atoms with van der Waals surface area (Å²) in [5.41, 5.74) is 2.58. The van der Waals surface area contributed by atoms with E-state index in [2.05, 4.69) is 5.32 Å². The van der Waals surface area contributed by atoms with E-state index in [1.807, 2.05) is 42.5 Å². The standard InChI is InChI=1S/C31H26ClN3O4/c1-39-28-13-7-3-8-23(28)18-33-29(36)22-16-14-21(15-17-22)19-35-30(37)25-10-4-6-12-27(25)34(31(35)38)20-24-9-2-5-11-26(24)32/h2-17H,18-20H2,1H3,(H,33,36). The van der Waals surface area contributed by atoms with Crippen LogP contribution in [0.3, 0.4) is 0 Å². The number of carbonyl (C=O) groups is 1. The number of methoxy groups -OCH3 is 1. The highest BCUT2D eigenvalue weighted by atomic mass is 35.5. The maximum absolute atomic E-state index is 13.6. The Kier molecular flexibility index (Phi) is 7.61. The minimum Gasteiger partial charge on any atom is -0.496 e. The number of fused-ring (bicyclic) bond motifs is 1. The Morgan fingerprint density at radius 2 is 1.46 bits per heavy atom. The molecule has 0 atom stereocenters. The molecule has 0 saturated heterocycles. The smallest absolute Gasteiger partial charge is 0.332 e. The van der Waals surface area contributed by atoms with Crippen LogP contribution in [0.4, 0.5) is 0 Å². The van der Waals surface area contributed by atoms with Crippen molar-refractivity contribution in [1.29, 1.82) is 0 Å². The second-order valence-corrected chi connectivity index (χ2v) is 9.47. The van der Waals surface area contributed by atoms with Gasteiger partial charge >= 0.3 is 5.69 Å². The molecule has 8 heteroatoms. The lowest BCUT2D eigenvalue weighted by Gasteiger charge is -2.15. The summed E-state index contributed by atoms with van der Waals surface area (Å²) >= 11 is 6.37. The van der Waals surface area contributed by atoms with Crippen molar-refractivity contribution in [1.82, 2.24) is 14.5 Å². The minimum atomic E-state index is -0.433. The van der Waals surface area contributed by atoms with Crippen molar-refractivity contribution in [3.05, 3.63) is 145 Å². The first-order chi connectivity index (χ1) is 19.0. The fourth-order valence-electron chi connectivity index (χ4n) is 4.53. The van der Waals surface area contributed by atoms with E-state index in [1.165, 1.54) is 4.57 Å². The van der Waals surface area contributed by atoms with E-state index < -0.39 is 5.69 Å². The van der Waals surface area contributed by atoms with Crippen LogP contribution in [0, 0.1) is 0 Å². The summed E-state index contributed by atoms with van der Waals surface area (Å²) in [6.07, 6.45) is 0. The van der Waals surface area contributed by atoms with E-state index in [4.69, 9.17) is 16.3 Å². The summed E-state index contributed by atoms with van der Waals surface area (Å²) in [4.78, 5) is 39.6. The highest BCUT2D eigenvalue weighted by Gasteiger charge is 2.15. The van der Waals surface area contributed by atoms with Crippen molar-refractivity contribution < 1.29 is 9.53 Å². The Balaban J connectivity index is 1.40. The third kappa shape index (κ3) is 5.49. The fourth-order valence-corrected chi connectivity index (χ4v) is 4.73. The van der Waals surface area contributed by atoms with E-state index in [0.717, 1.165) is 16.7 Å². The quantitative estimate of drug-likeness (QED) is 0.305. The number of hydrogen-bond donors (Lipinski definition) is 1. The van der Waals surface area contributed by atoms with Gasteiger partial charge in [-0.05, 0) is 47.5 Å². The van der Waals surface area contributed by atoms with Crippen molar-refractivity contribution in [2.24, 2.45) is 0 Å². The maximum Gasteiger partial charge on any atom is 0.332 e. The van der Waals surface area contributed by atoms with Crippen molar-refractivity contribution in [2.45, 2.75) is 19.6 Å². The van der Waals surface area contributed by atoms with Crippen LogP contribution in [0.15, 0.2) is 107 Å². The molecule has 0 radical (unpaired) electrons. The molecule has 7 nitrogen and oxygen atoms in total. The summed E-state index contributed by atoms with van der Waals surface area (Å²) in [7, 11) is 1.59. The van der Waals surface area contributed by atoms with Crippen LogP contribution < -0.4 is 21.3 Å². The number of ether oxygens (including phenoxy) is 1. The molecule has 0 aliphatic carbocycles. The predicted molar refractivity (Wildman–Crippen MR) is 153 cm³/mol. The van der Waals surface area contributed by atoms with Gasteiger partial charge in [-0.1, -0.05) is 72.3 Å². The van der Waals surface area contributed by atoms with E-state index >= 15 is 0 Å². The molecule has 1 N–H and O–H groups in total. The fraction of sp³-hybridized carbons (Fsp3) is 0.129. The highest BCUT2D eigenvalue weighted by molar-refractivity contribution is 6.31. The van der Waals surface area contributed by atoms with Crippen LogP contribution in [-0.4, -0.2) is 22.2 Å². The van der Waals surface area contributed by atoms with Gasteiger partial charge in [-0.15, -0.1) is 0 Å². The van der Waals surface area contributed by atoms with Crippen LogP contribution in [-0.2, 0) is 19.6 Å². The van der Waals surface area contributed by atoms with Crippen LogP contribution >= 0.6 is 11.6 Å². The molecule has 0 bridgehead atoms. The molecule has 1 heterocycles. The van der Waals surface area contributed by atoms with Gasteiger partial charge in [0.1, 0.15) is 5.75 Å². The molecule has 0 fully saturated rings. The second kappa shape index (κ2) is 11.4. The Morgan fingerprint density at radius 3 is 2.21 bits per heavy atom. The van der Waals surface area contributed by atoms with Gasteiger partial charge in [-0.2, -0.15) is 0 Å². The molecule has 0 aliphatic heterocycles. The number of nitrogens with one attached hydrogen (secondary N) is 1. The van der Waals surface area contributed by atoms with Crippen molar-refractivity contribution in [3.63, 3.8) is 0 Å². The molecule has 196 valence electrons. The average Bonchev–Trinajstić information content (AvgIpc) is 2.97. The molecule has 0 unspecified atom stereocenters. The van der Waals surface area contributed by atoms with Crippen LogP contribution in [0.1, 0.15) is 27.0 Å². The SMILES string of the molecule is COc1ccccc1CNC(=O)c1ccc(Cn2c(=O)c3ccccc3n(Cc3ccccc3Cl)c2=O)cc1. The topological polar surface area (TPSA) is 82.3 Å². The van der Waals surface area contributed by atoms with Gasteiger partial charge in [-0.3, -0.25) is 18.7 Å². The Labute approximate surface area is 229 Å². The molecule has 1 amide bonds. The molecular formula is C31H26ClN3O4. The zero-order valence-electron chi connectivity index (χ0n) is 21.3. The van der Waals surface area contributed by atoms with Gasteiger partial charge in [-0.25, -0.2) is 4.79 Å². The van der Waals surface area contributed by atoms with Gasteiger partial charge in [0.05, 0.1) is 31.1 Å². The molecule has 0 aliphatic rings. The van der Waals surface area contributed by atoms with Gasteiger partial charge < -0.3 is 10.1 Å². The zero-order valence-corrected chi connectivity index (χ0v) is 22.0. The predicted octanol–water partition coefficient (Wildman–Crippen LogP) is 4.85. The lowest BCUT2D eigenvalue weighted by Crippen LogP contribution is -2.40. The van der Waals surface area contributed by atoms with Gasteiger partial charge in [0.15, 0.2) is 0 Å². The number of halogens is 1. The number of para-hydroxylation sites is 2. The van der Waals surface area contributed by atoms with Crippen molar-refractivity contribution in [2.75, 3.05) is 7.11 Å². The average molecular weight is 540 g/mol. The summed E-state index contributed by atoms with van der Waals surface area (Å²) in [5.74, 6) is 0.464. The maximum atomic E-state index is 13.6. The summed E-state index contributed by atoms with van der Waals surface area (Å²) in [6.45, 7) is 0.612. The van der Waals surface area contributed by atoms with Crippen molar-refractivity contribution in [3.8, 4) is 5.75 Å². The van der Waals surface area contributed by atoms with Crippen LogP contribution in [0.25, 0.3) is 10.9 Å². The van der Waals surface area contributed by atoms with Crippen molar-refractivity contribution >= 4 is 28.4 Å². The lowest BCUT2D eigenvalue weighted by atomic mass is 10.1. The van der Waals surface area contributed by atoms with E-state index in [-0.39, 0.29) is 24.6 Å². The molecule has 0 saturated carbocycles. The first-order valence-corrected chi connectivity index (χ1v) is 12.8. The van der Waals surface area contributed by atoms with Crippen LogP contribution in [0.2, 0.25) is 5.02 Å². The number of nitrogens with zero attached hydrogens (tertiary/aromatic N) is 2. The van der Waals surface area contributed by atoms with Gasteiger partial charge in [0, 0.05) is 22.7 Å². The second-order valence-electron chi connectivity index (χ2n) is 9.06. The highest BCUT2D eigenvalue weighted by Crippen LogP contribution is 2.19. The molecule has 1 aromatic heterocycles. The van der Waals surface area contributed by atoms with E-state index in [0.29, 0.717) is 33.8 Å². The number of amides is 1. The minimum absolute atomic E-state index is 0.0636.